The maximum Gasteiger partial charge on any atom is 0.409 e. The molecule has 2 fully saturated rings. The number of hydrogen-bond donors (Lipinski definition) is 0. The Morgan fingerprint density at radius 3 is 2.58 bits per heavy atom. The topological polar surface area (TPSA) is 50.6 Å². The van der Waals surface area contributed by atoms with Crippen LogP contribution in [-0.2, 0) is 4.74 Å². The molecule has 0 N–H and O–H groups in total. The van der Waals surface area contributed by atoms with E-state index in [-0.39, 0.29) is 6.09 Å². The highest BCUT2D eigenvalue weighted by atomic mass is 16.6. The van der Waals surface area contributed by atoms with Crippen LogP contribution in [0.25, 0.3) is 0 Å². The summed E-state index contributed by atoms with van der Waals surface area (Å²) in [4.78, 5) is 16.4. The van der Waals surface area contributed by atoms with Crippen molar-refractivity contribution in [2.45, 2.75) is 58.0 Å². The van der Waals surface area contributed by atoms with E-state index in [9.17, 15) is 4.79 Å². The van der Waals surface area contributed by atoms with Crippen molar-refractivity contribution in [3.8, 4) is 0 Å². The van der Waals surface area contributed by atoms with Gasteiger partial charge in [0.25, 0.3) is 0 Å². The number of aromatic nitrogens is 2. The molecule has 1 amide bonds. The van der Waals surface area contributed by atoms with Crippen molar-refractivity contribution in [3.05, 3.63) is 18.0 Å². The van der Waals surface area contributed by atoms with Crippen molar-refractivity contribution in [3.63, 3.8) is 0 Å². The zero-order valence-electron chi connectivity index (χ0n) is 15.0. The van der Waals surface area contributed by atoms with Crippen LogP contribution in [0.2, 0.25) is 0 Å². The first-order valence-corrected chi connectivity index (χ1v) is 9.35. The van der Waals surface area contributed by atoms with Gasteiger partial charge in [0.05, 0.1) is 12.6 Å². The van der Waals surface area contributed by atoms with Gasteiger partial charge in [0.15, 0.2) is 0 Å². The second-order valence-electron chi connectivity index (χ2n) is 6.95. The van der Waals surface area contributed by atoms with Gasteiger partial charge in [-0.2, -0.15) is 5.10 Å². The minimum atomic E-state index is -0.147. The average molecular weight is 334 g/mol. The summed E-state index contributed by atoms with van der Waals surface area (Å²) in [5.41, 5.74) is 1.26. The fraction of sp³-hybridized carbons (Fsp3) is 0.778. The Bertz CT molecular complexity index is 537. The monoisotopic (exact) mass is 334 g/mol. The number of carbonyl (C=O) groups is 1. The van der Waals surface area contributed by atoms with Crippen molar-refractivity contribution in [2.24, 2.45) is 0 Å². The number of hydrogen-bond acceptors (Lipinski definition) is 4. The number of nitrogens with zero attached hydrogens (tertiary/aromatic N) is 4. The standard InChI is InChI=1S/C18H30N4O2/c1-3-24-18(23)21-11-4-5-16(7-14-21)20-12-8-17(9-13-20)22-15(2)6-10-19-22/h6,10,16-17H,3-5,7-9,11-14H2,1-2H3. The molecule has 0 aromatic carbocycles. The van der Waals surface area contributed by atoms with E-state index in [0.717, 1.165) is 39.0 Å². The number of carbonyl (C=O) groups excluding carboxylic acids is 1. The molecule has 24 heavy (non-hydrogen) atoms. The van der Waals surface area contributed by atoms with Crippen LogP contribution in [-0.4, -0.2) is 64.5 Å². The minimum Gasteiger partial charge on any atom is -0.450 e. The molecule has 134 valence electrons. The second kappa shape index (κ2) is 8.01. The molecule has 3 heterocycles. The lowest BCUT2D eigenvalue weighted by molar-refractivity contribution is 0.103. The molecule has 0 saturated carbocycles. The lowest BCUT2D eigenvalue weighted by Crippen LogP contribution is -2.42. The quantitative estimate of drug-likeness (QED) is 0.853. The van der Waals surface area contributed by atoms with E-state index < -0.39 is 0 Å². The first-order chi connectivity index (χ1) is 11.7. The first-order valence-electron chi connectivity index (χ1n) is 9.35. The highest BCUT2D eigenvalue weighted by Crippen LogP contribution is 2.27. The largest absolute Gasteiger partial charge is 0.450 e. The third-order valence-corrected chi connectivity index (χ3v) is 5.45. The van der Waals surface area contributed by atoms with Gasteiger partial charge in [0, 0.05) is 44.1 Å². The van der Waals surface area contributed by atoms with Gasteiger partial charge in [0.1, 0.15) is 0 Å². The van der Waals surface area contributed by atoms with Gasteiger partial charge in [-0.1, -0.05) is 0 Å². The molecule has 2 saturated heterocycles. The third kappa shape index (κ3) is 3.91. The van der Waals surface area contributed by atoms with Crippen LogP contribution in [0.5, 0.6) is 0 Å². The molecule has 3 rings (SSSR count). The average Bonchev–Trinajstić information content (AvgIpc) is 2.87. The molecular weight excluding hydrogens is 304 g/mol. The van der Waals surface area contributed by atoms with Crippen molar-refractivity contribution in [1.82, 2.24) is 19.6 Å². The Morgan fingerprint density at radius 2 is 1.92 bits per heavy atom. The normalized spacial score (nSPS) is 23.9. The zero-order chi connectivity index (χ0) is 16.9. The van der Waals surface area contributed by atoms with Crippen LogP contribution >= 0.6 is 0 Å². The molecule has 6 nitrogen and oxygen atoms in total. The highest BCUT2D eigenvalue weighted by Gasteiger charge is 2.29. The Balaban J connectivity index is 1.50. The summed E-state index contributed by atoms with van der Waals surface area (Å²) in [6.07, 6.45) is 7.40. The van der Waals surface area contributed by atoms with Crippen LogP contribution in [0.15, 0.2) is 12.3 Å². The number of amides is 1. The van der Waals surface area contributed by atoms with E-state index in [4.69, 9.17) is 4.74 Å². The van der Waals surface area contributed by atoms with Crippen molar-refractivity contribution in [2.75, 3.05) is 32.8 Å². The van der Waals surface area contributed by atoms with E-state index in [2.05, 4.69) is 27.7 Å². The molecule has 2 aliphatic heterocycles. The van der Waals surface area contributed by atoms with E-state index in [1.54, 1.807) is 0 Å². The molecular formula is C18H30N4O2. The van der Waals surface area contributed by atoms with Gasteiger partial charge in [-0.3, -0.25) is 4.68 Å². The summed E-state index contributed by atoms with van der Waals surface area (Å²) in [7, 11) is 0. The van der Waals surface area contributed by atoms with Crippen molar-refractivity contribution < 1.29 is 9.53 Å². The van der Waals surface area contributed by atoms with Crippen molar-refractivity contribution in [1.29, 1.82) is 0 Å². The van der Waals surface area contributed by atoms with Gasteiger partial charge >= 0.3 is 6.09 Å². The lowest BCUT2D eigenvalue weighted by atomic mass is 10.00. The fourth-order valence-corrected chi connectivity index (χ4v) is 4.10. The third-order valence-electron chi connectivity index (χ3n) is 5.45. The number of piperidine rings is 1. The summed E-state index contributed by atoms with van der Waals surface area (Å²) in [6, 6.07) is 3.23. The maximum absolute atomic E-state index is 11.9. The number of likely N-dealkylation sites (tertiary alicyclic amines) is 2. The van der Waals surface area contributed by atoms with Crippen LogP contribution in [0.3, 0.4) is 0 Å². The fourth-order valence-electron chi connectivity index (χ4n) is 4.10. The predicted molar refractivity (Wildman–Crippen MR) is 93.0 cm³/mol. The summed E-state index contributed by atoms with van der Waals surface area (Å²) in [5.74, 6) is 0. The lowest BCUT2D eigenvalue weighted by Gasteiger charge is -2.37. The summed E-state index contributed by atoms with van der Waals surface area (Å²) >= 11 is 0. The smallest absolute Gasteiger partial charge is 0.409 e. The molecule has 1 unspecified atom stereocenters. The second-order valence-corrected chi connectivity index (χ2v) is 6.95. The van der Waals surface area contributed by atoms with Gasteiger partial charge < -0.3 is 14.5 Å². The molecule has 1 aromatic rings. The zero-order valence-corrected chi connectivity index (χ0v) is 15.0. The minimum absolute atomic E-state index is 0.147. The SMILES string of the molecule is CCOC(=O)N1CCCC(N2CCC(n3nccc3C)CC2)CC1. The molecule has 0 radical (unpaired) electrons. The molecule has 0 aliphatic carbocycles. The van der Waals surface area contributed by atoms with Crippen LogP contribution in [0.4, 0.5) is 4.79 Å². The Kier molecular flexibility index (Phi) is 5.76. The van der Waals surface area contributed by atoms with Gasteiger partial charge in [-0.05, 0) is 52.0 Å². The highest BCUT2D eigenvalue weighted by molar-refractivity contribution is 5.67. The molecule has 6 heteroatoms. The van der Waals surface area contributed by atoms with E-state index >= 15 is 0 Å². The Morgan fingerprint density at radius 1 is 1.17 bits per heavy atom. The van der Waals surface area contributed by atoms with Crippen molar-refractivity contribution >= 4 is 6.09 Å². The maximum atomic E-state index is 11.9. The Hall–Kier alpha value is -1.56. The molecule has 2 aliphatic rings. The number of rotatable bonds is 3. The van der Waals surface area contributed by atoms with E-state index in [1.165, 1.54) is 25.0 Å². The summed E-state index contributed by atoms with van der Waals surface area (Å²) in [6.45, 7) is 8.37. The van der Waals surface area contributed by atoms with Crippen LogP contribution in [0.1, 0.15) is 50.8 Å². The predicted octanol–water partition coefficient (Wildman–Crippen LogP) is 2.84. The van der Waals surface area contributed by atoms with E-state index in [0.29, 0.717) is 18.7 Å². The van der Waals surface area contributed by atoms with Gasteiger partial charge in [-0.25, -0.2) is 4.79 Å². The van der Waals surface area contributed by atoms with Gasteiger partial charge in [-0.15, -0.1) is 0 Å². The number of aryl methyl sites for hydroxylation is 1. The first kappa shape index (κ1) is 17.3. The molecule has 0 bridgehead atoms. The van der Waals surface area contributed by atoms with Crippen LogP contribution in [0, 0.1) is 6.92 Å². The number of ether oxygens (including phenoxy) is 1. The molecule has 0 spiro atoms. The Labute approximate surface area is 144 Å². The summed E-state index contributed by atoms with van der Waals surface area (Å²) < 4.78 is 7.34. The molecule has 1 atom stereocenters. The molecule has 1 aromatic heterocycles. The van der Waals surface area contributed by atoms with Crippen LogP contribution < -0.4 is 0 Å². The van der Waals surface area contributed by atoms with E-state index in [1.807, 2.05) is 18.0 Å². The summed E-state index contributed by atoms with van der Waals surface area (Å²) in [5, 5.41) is 4.48. The van der Waals surface area contributed by atoms with Gasteiger partial charge in [0.2, 0.25) is 0 Å².